The minimum absolute atomic E-state index is 0.0742. The fraction of sp³-hybridized carbons (Fsp3) is 0.333. The van der Waals surface area contributed by atoms with Crippen molar-refractivity contribution < 1.29 is 34.1 Å². The third kappa shape index (κ3) is 7.78. The Kier molecular flexibility index (Phi) is 7.76. The van der Waals surface area contributed by atoms with E-state index in [0.717, 1.165) is 5.56 Å². The summed E-state index contributed by atoms with van der Waals surface area (Å²) in [5.41, 5.74) is 0.804. The number of ether oxygens (including phenoxy) is 1. The number of amides is 2. The molecule has 0 aliphatic rings. The van der Waals surface area contributed by atoms with Crippen LogP contribution in [-0.4, -0.2) is 58.7 Å². The third-order valence-corrected chi connectivity index (χ3v) is 2.83. The van der Waals surface area contributed by atoms with E-state index >= 15 is 0 Å². The number of carbonyl (C=O) groups excluding carboxylic acids is 2. The van der Waals surface area contributed by atoms with Gasteiger partial charge in [-0.05, 0) is 5.56 Å². The average Bonchev–Trinajstić information content (AvgIpc) is 2.52. The number of benzene rings is 1. The quantitative estimate of drug-likeness (QED) is 0.589. The van der Waals surface area contributed by atoms with E-state index in [-0.39, 0.29) is 19.6 Å². The molecule has 24 heavy (non-hydrogen) atoms. The molecule has 1 aromatic rings. The summed E-state index contributed by atoms with van der Waals surface area (Å²) >= 11 is 0. The summed E-state index contributed by atoms with van der Waals surface area (Å²) < 4.78 is 4.94. The van der Waals surface area contributed by atoms with Gasteiger partial charge in [0.2, 0.25) is 5.91 Å². The van der Waals surface area contributed by atoms with Gasteiger partial charge in [0.25, 0.3) is 0 Å². The lowest BCUT2D eigenvalue weighted by atomic mass is 10.2. The normalized spacial score (nSPS) is 9.83. The van der Waals surface area contributed by atoms with Crippen LogP contribution in [0.4, 0.5) is 4.79 Å². The van der Waals surface area contributed by atoms with Crippen molar-refractivity contribution in [3.05, 3.63) is 35.9 Å². The van der Waals surface area contributed by atoms with Gasteiger partial charge < -0.3 is 25.2 Å². The molecule has 2 amide bonds. The maximum Gasteiger partial charge on any atom is 0.407 e. The van der Waals surface area contributed by atoms with Gasteiger partial charge in [-0.25, -0.2) is 4.79 Å². The number of alkyl carbamates (subject to hydrolysis) is 1. The summed E-state index contributed by atoms with van der Waals surface area (Å²) in [5, 5.41) is 19.7. The van der Waals surface area contributed by atoms with Gasteiger partial charge in [-0.2, -0.15) is 0 Å². The van der Waals surface area contributed by atoms with Crippen molar-refractivity contribution in [2.24, 2.45) is 0 Å². The number of carbonyl (C=O) groups is 4. The first-order valence-corrected chi connectivity index (χ1v) is 7.04. The zero-order valence-electron chi connectivity index (χ0n) is 12.8. The highest BCUT2D eigenvalue weighted by atomic mass is 16.5. The van der Waals surface area contributed by atoms with E-state index in [1.54, 1.807) is 24.3 Å². The first kappa shape index (κ1) is 18.9. The van der Waals surface area contributed by atoms with E-state index in [2.05, 4.69) is 5.32 Å². The number of nitrogens with zero attached hydrogens (tertiary/aromatic N) is 1. The molecule has 0 heterocycles. The Balaban J connectivity index is 2.33. The third-order valence-electron chi connectivity index (χ3n) is 2.83. The standard InChI is InChI=1S/C15H18N2O7/c18-12(17(8-13(19)20)9-14(21)22)6-7-16-15(23)24-10-11-4-2-1-3-5-11/h1-5H,6-10H2,(H,16,23)(H,19,20)(H,21,22). The highest BCUT2D eigenvalue weighted by Gasteiger charge is 2.19. The Morgan fingerprint density at radius 2 is 1.58 bits per heavy atom. The van der Waals surface area contributed by atoms with Crippen molar-refractivity contribution in [2.45, 2.75) is 13.0 Å². The zero-order chi connectivity index (χ0) is 17.9. The SMILES string of the molecule is O=C(O)CN(CC(=O)O)C(=O)CCNC(=O)OCc1ccccc1. The molecule has 1 aromatic carbocycles. The van der Waals surface area contributed by atoms with Crippen molar-refractivity contribution in [1.29, 1.82) is 0 Å². The molecule has 3 N–H and O–H groups in total. The second kappa shape index (κ2) is 9.82. The molecule has 0 fully saturated rings. The van der Waals surface area contributed by atoms with Crippen molar-refractivity contribution in [3.63, 3.8) is 0 Å². The Morgan fingerprint density at radius 1 is 1.00 bits per heavy atom. The summed E-state index contributed by atoms with van der Waals surface area (Å²) in [5.74, 6) is -3.33. The van der Waals surface area contributed by atoms with Crippen LogP contribution in [0.1, 0.15) is 12.0 Å². The lowest BCUT2D eigenvalue weighted by Crippen LogP contribution is -2.40. The number of nitrogens with one attached hydrogen (secondary N) is 1. The molecule has 1 rings (SSSR count). The summed E-state index contributed by atoms with van der Waals surface area (Å²) in [7, 11) is 0. The molecule has 9 heteroatoms. The highest BCUT2D eigenvalue weighted by Crippen LogP contribution is 2.00. The molecule has 9 nitrogen and oxygen atoms in total. The van der Waals surface area contributed by atoms with Crippen LogP contribution in [0.25, 0.3) is 0 Å². The molecule has 130 valence electrons. The van der Waals surface area contributed by atoms with Crippen molar-refractivity contribution in [1.82, 2.24) is 10.2 Å². The molecule has 0 unspecified atom stereocenters. The molecule has 0 aromatic heterocycles. The second-order valence-electron chi connectivity index (χ2n) is 4.78. The molecule has 0 bridgehead atoms. The smallest absolute Gasteiger partial charge is 0.407 e. The lowest BCUT2D eigenvalue weighted by Gasteiger charge is -2.18. The Morgan fingerprint density at radius 3 is 2.12 bits per heavy atom. The Hall–Kier alpha value is -3.10. The minimum atomic E-state index is -1.32. The molecule has 0 aliphatic heterocycles. The van der Waals surface area contributed by atoms with E-state index in [0.29, 0.717) is 4.90 Å². The van der Waals surface area contributed by atoms with E-state index in [4.69, 9.17) is 14.9 Å². The molecule has 0 aliphatic carbocycles. The van der Waals surface area contributed by atoms with Crippen LogP contribution in [-0.2, 0) is 25.7 Å². The van der Waals surface area contributed by atoms with Crippen LogP contribution >= 0.6 is 0 Å². The predicted octanol–water partition coefficient (Wildman–Crippen LogP) is 0.301. The van der Waals surface area contributed by atoms with Gasteiger partial charge >= 0.3 is 18.0 Å². The Labute approximate surface area is 137 Å². The van der Waals surface area contributed by atoms with Gasteiger partial charge in [-0.15, -0.1) is 0 Å². The number of hydrogen-bond acceptors (Lipinski definition) is 5. The van der Waals surface area contributed by atoms with Crippen LogP contribution in [0.2, 0.25) is 0 Å². The first-order chi connectivity index (χ1) is 11.4. The van der Waals surface area contributed by atoms with Gasteiger partial charge in [0.05, 0.1) is 0 Å². The van der Waals surface area contributed by atoms with E-state index < -0.39 is 37.0 Å². The molecular weight excluding hydrogens is 320 g/mol. The van der Waals surface area contributed by atoms with Crippen molar-refractivity contribution in [2.75, 3.05) is 19.6 Å². The average molecular weight is 338 g/mol. The number of carboxylic acid groups (broad SMARTS) is 2. The van der Waals surface area contributed by atoms with Crippen LogP contribution < -0.4 is 5.32 Å². The van der Waals surface area contributed by atoms with Crippen LogP contribution in [0.15, 0.2) is 30.3 Å². The summed E-state index contributed by atoms with van der Waals surface area (Å²) in [6.45, 7) is -1.46. The minimum Gasteiger partial charge on any atom is -0.480 e. The molecular formula is C15H18N2O7. The van der Waals surface area contributed by atoms with E-state index in [1.807, 2.05) is 6.07 Å². The number of hydrogen-bond donors (Lipinski definition) is 3. The number of carboxylic acids is 2. The highest BCUT2D eigenvalue weighted by molar-refractivity contribution is 5.85. The van der Waals surface area contributed by atoms with Crippen LogP contribution in [0.5, 0.6) is 0 Å². The largest absolute Gasteiger partial charge is 0.480 e. The zero-order valence-corrected chi connectivity index (χ0v) is 12.8. The van der Waals surface area contributed by atoms with Gasteiger partial charge in [0, 0.05) is 13.0 Å². The topological polar surface area (TPSA) is 133 Å². The van der Waals surface area contributed by atoms with E-state index in [9.17, 15) is 19.2 Å². The molecule has 0 radical (unpaired) electrons. The maximum atomic E-state index is 11.8. The fourth-order valence-corrected chi connectivity index (χ4v) is 1.76. The van der Waals surface area contributed by atoms with Crippen LogP contribution in [0, 0.1) is 0 Å². The monoisotopic (exact) mass is 338 g/mol. The summed E-state index contributed by atoms with van der Waals surface area (Å²) in [6, 6.07) is 9.00. The maximum absolute atomic E-state index is 11.8. The molecule has 0 atom stereocenters. The predicted molar refractivity (Wildman–Crippen MR) is 81.1 cm³/mol. The summed E-state index contributed by atoms with van der Waals surface area (Å²) in [6.07, 6.45) is -0.962. The van der Waals surface area contributed by atoms with Gasteiger partial charge in [-0.3, -0.25) is 14.4 Å². The lowest BCUT2D eigenvalue weighted by molar-refractivity contribution is -0.149. The molecule has 0 saturated heterocycles. The molecule has 0 saturated carbocycles. The van der Waals surface area contributed by atoms with Crippen molar-refractivity contribution >= 4 is 23.9 Å². The van der Waals surface area contributed by atoms with E-state index in [1.165, 1.54) is 0 Å². The second-order valence-corrected chi connectivity index (χ2v) is 4.78. The first-order valence-electron chi connectivity index (χ1n) is 7.04. The van der Waals surface area contributed by atoms with Gasteiger partial charge in [-0.1, -0.05) is 30.3 Å². The van der Waals surface area contributed by atoms with Crippen LogP contribution in [0.3, 0.4) is 0 Å². The number of rotatable bonds is 9. The fourth-order valence-electron chi connectivity index (χ4n) is 1.76. The summed E-state index contributed by atoms with van der Waals surface area (Å²) in [4.78, 5) is 45.2. The van der Waals surface area contributed by atoms with Crippen molar-refractivity contribution in [3.8, 4) is 0 Å². The number of aliphatic carboxylic acids is 2. The van der Waals surface area contributed by atoms with Gasteiger partial charge in [0.15, 0.2) is 0 Å². The molecule has 0 spiro atoms. The Bertz CT molecular complexity index is 573. The van der Waals surface area contributed by atoms with Gasteiger partial charge in [0.1, 0.15) is 19.7 Å².